The Balaban J connectivity index is 1.55. The summed E-state index contributed by atoms with van der Waals surface area (Å²) >= 11 is 1.50. The zero-order chi connectivity index (χ0) is 20.5. The minimum absolute atomic E-state index is 0.144. The molecule has 5 heteroatoms. The molecule has 0 unspecified atom stereocenters. The van der Waals surface area contributed by atoms with E-state index in [9.17, 15) is 4.79 Å². The Kier molecular flexibility index (Phi) is 7.47. The van der Waals surface area contributed by atoms with Crippen LogP contribution in [0.2, 0.25) is 0 Å². The summed E-state index contributed by atoms with van der Waals surface area (Å²) in [7, 11) is 0. The molecule has 0 spiro atoms. The Morgan fingerprint density at radius 2 is 1.72 bits per heavy atom. The van der Waals surface area contributed by atoms with Gasteiger partial charge in [-0.15, -0.1) is 11.8 Å². The fourth-order valence-corrected chi connectivity index (χ4v) is 3.45. The maximum Gasteiger partial charge on any atom is 0.253 e. The number of hydrogen-bond acceptors (Lipinski definition) is 4. The smallest absolute Gasteiger partial charge is 0.253 e. The Labute approximate surface area is 176 Å². The average Bonchev–Trinajstić information content (AvgIpc) is 2.75. The lowest BCUT2D eigenvalue weighted by molar-refractivity contribution is -0.120. The minimum Gasteiger partial charge on any atom is -0.488 e. The van der Waals surface area contributed by atoms with Crippen LogP contribution in [0.1, 0.15) is 23.6 Å². The van der Waals surface area contributed by atoms with E-state index in [1.165, 1.54) is 17.3 Å². The third kappa shape index (κ3) is 6.50. The molecule has 3 aromatic rings. The maximum atomic E-state index is 12.3. The Bertz CT molecular complexity index is 956. The Hall–Kier alpha value is -3.05. The molecule has 148 valence electrons. The summed E-state index contributed by atoms with van der Waals surface area (Å²) in [6, 6.07) is 25.7. The highest BCUT2D eigenvalue weighted by Crippen LogP contribution is 2.23. The molecular formula is C24H24N2O2S. The molecule has 3 aromatic carbocycles. The van der Waals surface area contributed by atoms with Crippen LogP contribution in [0.3, 0.4) is 0 Å². The van der Waals surface area contributed by atoms with Crippen molar-refractivity contribution in [2.75, 3.05) is 0 Å². The molecule has 0 bridgehead atoms. The highest BCUT2D eigenvalue weighted by atomic mass is 32.2. The number of carbonyl (C=O) groups excluding carboxylic acids is 1. The number of hydrogen-bond donors (Lipinski definition) is 1. The highest BCUT2D eigenvalue weighted by Gasteiger charge is 2.13. The normalized spacial score (nSPS) is 11.9. The summed E-state index contributed by atoms with van der Waals surface area (Å²) in [5.74, 6) is 0.575. The zero-order valence-electron chi connectivity index (χ0n) is 16.5. The lowest BCUT2D eigenvalue weighted by atomic mass is 10.2. The first-order valence-corrected chi connectivity index (χ1v) is 10.3. The summed E-state index contributed by atoms with van der Waals surface area (Å²) < 4.78 is 5.91. The number of nitrogens with zero attached hydrogens (tertiary/aromatic N) is 1. The second-order valence-corrected chi connectivity index (χ2v) is 8.03. The number of rotatable bonds is 8. The molecule has 4 nitrogen and oxygen atoms in total. The molecule has 0 aliphatic heterocycles. The number of hydrazone groups is 1. The van der Waals surface area contributed by atoms with E-state index in [0.717, 1.165) is 21.8 Å². The van der Waals surface area contributed by atoms with Gasteiger partial charge in [-0.05, 0) is 43.7 Å². The summed E-state index contributed by atoms with van der Waals surface area (Å²) in [5.41, 5.74) is 5.72. The molecule has 3 rings (SSSR count). The van der Waals surface area contributed by atoms with E-state index in [2.05, 4.69) is 10.5 Å². The average molecular weight is 405 g/mol. The van der Waals surface area contributed by atoms with Gasteiger partial charge in [0.05, 0.1) is 11.5 Å². The summed E-state index contributed by atoms with van der Waals surface area (Å²) in [6.45, 7) is 4.38. The number of amides is 1. The predicted molar refractivity (Wildman–Crippen MR) is 119 cm³/mol. The Morgan fingerprint density at radius 1 is 1.03 bits per heavy atom. The molecule has 0 saturated heterocycles. The molecule has 0 heterocycles. The van der Waals surface area contributed by atoms with Crippen molar-refractivity contribution in [2.45, 2.75) is 30.6 Å². The van der Waals surface area contributed by atoms with Gasteiger partial charge in [0.15, 0.2) is 0 Å². The van der Waals surface area contributed by atoms with E-state index in [1.54, 1.807) is 6.21 Å². The number of ether oxygens (including phenoxy) is 1. The van der Waals surface area contributed by atoms with Crippen LogP contribution >= 0.6 is 11.8 Å². The lowest BCUT2D eigenvalue weighted by Gasteiger charge is -2.10. The maximum absolute atomic E-state index is 12.3. The third-order valence-corrected chi connectivity index (χ3v) is 5.35. The number of benzene rings is 3. The quantitative estimate of drug-likeness (QED) is 0.319. The van der Waals surface area contributed by atoms with Crippen molar-refractivity contribution in [3.8, 4) is 5.75 Å². The van der Waals surface area contributed by atoms with E-state index in [1.807, 2.05) is 92.7 Å². The number of para-hydroxylation sites is 1. The van der Waals surface area contributed by atoms with Crippen molar-refractivity contribution in [1.29, 1.82) is 0 Å². The van der Waals surface area contributed by atoms with Crippen molar-refractivity contribution in [1.82, 2.24) is 5.43 Å². The van der Waals surface area contributed by atoms with Crippen LogP contribution in [0.25, 0.3) is 0 Å². The fraction of sp³-hybridized carbons (Fsp3) is 0.167. The van der Waals surface area contributed by atoms with Crippen LogP contribution in [-0.4, -0.2) is 17.4 Å². The van der Waals surface area contributed by atoms with Crippen LogP contribution < -0.4 is 10.2 Å². The molecule has 1 atom stereocenters. The summed E-state index contributed by atoms with van der Waals surface area (Å²) in [5, 5.41) is 3.87. The molecule has 0 fully saturated rings. The van der Waals surface area contributed by atoms with Gasteiger partial charge in [-0.2, -0.15) is 5.10 Å². The SMILES string of the molecule is Cc1ccc(S[C@H](C)C(=O)N/N=C\c2ccccc2OCc2ccccc2)cc1. The first-order chi connectivity index (χ1) is 14.1. The van der Waals surface area contributed by atoms with Crippen molar-refractivity contribution in [2.24, 2.45) is 5.10 Å². The van der Waals surface area contributed by atoms with E-state index in [-0.39, 0.29) is 11.2 Å². The summed E-state index contributed by atoms with van der Waals surface area (Å²) in [6.07, 6.45) is 1.61. The number of aryl methyl sites for hydroxylation is 1. The van der Waals surface area contributed by atoms with Gasteiger partial charge in [-0.25, -0.2) is 5.43 Å². The van der Waals surface area contributed by atoms with Gasteiger partial charge in [-0.3, -0.25) is 4.79 Å². The number of nitrogens with one attached hydrogen (secondary N) is 1. The van der Waals surface area contributed by atoms with Gasteiger partial charge in [0, 0.05) is 10.5 Å². The monoisotopic (exact) mass is 404 g/mol. The van der Waals surface area contributed by atoms with Gasteiger partial charge in [-0.1, -0.05) is 60.2 Å². The van der Waals surface area contributed by atoms with E-state index < -0.39 is 0 Å². The molecule has 29 heavy (non-hydrogen) atoms. The van der Waals surface area contributed by atoms with Crippen molar-refractivity contribution in [3.63, 3.8) is 0 Å². The molecule has 0 radical (unpaired) electrons. The van der Waals surface area contributed by atoms with E-state index in [4.69, 9.17) is 4.74 Å². The molecule has 1 N–H and O–H groups in total. The molecule has 0 saturated carbocycles. The van der Waals surface area contributed by atoms with Crippen LogP contribution in [0.5, 0.6) is 5.75 Å². The lowest BCUT2D eigenvalue weighted by Crippen LogP contribution is -2.26. The fourth-order valence-electron chi connectivity index (χ4n) is 2.58. The standard InChI is InChI=1S/C24H24N2O2S/c1-18-12-14-22(15-13-18)29-19(2)24(27)26-25-16-21-10-6-7-11-23(21)28-17-20-8-4-3-5-9-20/h3-16,19H,17H2,1-2H3,(H,26,27)/b25-16-/t19-/m1/s1. The second-order valence-electron chi connectivity index (χ2n) is 6.62. The number of carbonyl (C=O) groups is 1. The zero-order valence-corrected chi connectivity index (χ0v) is 17.4. The van der Waals surface area contributed by atoms with Gasteiger partial charge >= 0.3 is 0 Å². The van der Waals surface area contributed by atoms with Crippen molar-refractivity contribution >= 4 is 23.9 Å². The van der Waals surface area contributed by atoms with Crippen LogP contribution in [0.4, 0.5) is 0 Å². The molecule has 0 aliphatic carbocycles. The Morgan fingerprint density at radius 3 is 2.48 bits per heavy atom. The first kappa shape index (κ1) is 20.7. The second kappa shape index (κ2) is 10.5. The van der Waals surface area contributed by atoms with Crippen LogP contribution in [0.15, 0.2) is 88.9 Å². The van der Waals surface area contributed by atoms with Gasteiger partial charge in [0.2, 0.25) is 0 Å². The van der Waals surface area contributed by atoms with Gasteiger partial charge in [0.1, 0.15) is 12.4 Å². The largest absolute Gasteiger partial charge is 0.488 e. The van der Waals surface area contributed by atoms with E-state index in [0.29, 0.717) is 6.61 Å². The predicted octanol–water partition coefficient (Wildman–Crippen LogP) is 5.20. The van der Waals surface area contributed by atoms with Gasteiger partial charge in [0.25, 0.3) is 5.91 Å². The topological polar surface area (TPSA) is 50.7 Å². The molecule has 0 aliphatic rings. The first-order valence-electron chi connectivity index (χ1n) is 9.44. The van der Waals surface area contributed by atoms with Crippen LogP contribution in [-0.2, 0) is 11.4 Å². The minimum atomic E-state index is -0.251. The van der Waals surface area contributed by atoms with Crippen LogP contribution in [0, 0.1) is 6.92 Å². The van der Waals surface area contributed by atoms with Gasteiger partial charge < -0.3 is 4.74 Å². The molecule has 0 aromatic heterocycles. The van der Waals surface area contributed by atoms with Crippen molar-refractivity contribution in [3.05, 3.63) is 95.6 Å². The number of thioether (sulfide) groups is 1. The van der Waals surface area contributed by atoms with Crippen molar-refractivity contribution < 1.29 is 9.53 Å². The molecular weight excluding hydrogens is 380 g/mol. The molecule has 1 amide bonds. The highest BCUT2D eigenvalue weighted by molar-refractivity contribution is 8.00. The third-order valence-electron chi connectivity index (χ3n) is 4.24. The summed E-state index contributed by atoms with van der Waals surface area (Å²) in [4.78, 5) is 13.4. The van der Waals surface area contributed by atoms with E-state index >= 15 is 0 Å².